The van der Waals surface area contributed by atoms with Gasteiger partial charge in [0.15, 0.2) is 0 Å². The second-order valence-corrected chi connectivity index (χ2v) is 6.87. The van der Waals surface area contributed by atoms with Crippen molar-refractivity contribution in [3.63, 3.8) is 0 Å². The highest BCUT2D eigenvalue weighted by molar-refractivity contribution is 9.10. The molecule has 0 radical (unpaired) electrons. The summed E-state index contributed by atoms with van der Waals surface area (Å²) in [5.74, 6) is -0.359. The molecule has 0 atom stereocenters. The smallest absolute Gasteiger partial charge is 0.308 e. The molecule has 0 aliphatic heterocycles. The van der Waals surface area contributed by atoms with Gasteiger partial charge in [-0.25, -0.2) is 9.18 Å². The fraction of sp³-hybridized carbons (Fsp3) is 0.0625. The van der Waals surface area contributed by atoms with E-state index < -0.39 is 6.03 Å². The quantitative estimate of drug-likeness (QED) is 0.660. The fourth-order valence-corrected chi connectivity index (χ4v) is 3.21. The maximum Gasteiger partial charge on any atom is 0.325 e. The van der Waals surface area contributed by atoms with E-state index in [0.29, 0.717) is 17.2 Å². The number of halogens is 2. The first kappa shape index (κ1) is 16.5. The molecule has 0 unspecified atom stereocenters. The van der Waals surface area contributed by atoms with Gasteiger partial charge in [-0.15, -0.1) is 10.2 Å². The summed E-state index contributed by atoms with van der Waals surface area (Å²) in [6, 6.07) is 13.0. The number of nitrogens with zero attached hydrogens (tertiary/aromatic N) is 2. The van der Waals surface area contributed by atoms with Gasteiger partial charge in [0, 0.05) is 16.6 Å². The topological polar surface area (TPSA) is 66.9 Å². The number of anilines is 2. The second-order valence-electron chi connectivity index (χ2n) is 4.89. The third-order valence-electron chi connectivity index (χ3n) is 3.03. The Balaban J connectivity index is 1.59. The number of carbonyl (C=O) groups is 1. The van der Waals surface area contributed by atoms with Crippen LogP contribution in [-0.2, 0) is 6.42 Å². The minimum atomic E-state index is -0.452. The lowest BCUT2D eigenvalue weighted by Gasteiger charge is -2.04. The molecule has 0 spiro atoms. The van der Waals surface area contributed by atoms with Crippen molar-refractivity contribution in [2.75, 3.05) is 10.6 Å². The van der Waals surface area contributed by atoms with E-state index in [9.17, 15) is 9.18 Å². The van der Waals surface area contributed by atoms with Gasteiger partial charge in [0.2, 0.25) is 5.13 Å². The third-order valence-corrected chi connectivity index (χ3v) is 4.37. The van der Waals surface area contributed by atoms with Gasteiger partial charge in [0.1, 0.15) is 10.8 Å². The molecule has 0 bridgehead atoms. The van der Waals surface area contributed by atoms with E-state index in [1.54, 1.807) is 0 Å². The molecule has 0 aliphatic carbocycles. The largest absolute Gasteiger partial charge is 0.325 e. The summed E-state index contributed by atoms with van der Waals surface area (Å²) in [5, 5.41) is 14.4. The van der Waals surface area contributed by atoms with Gasteiger partial charge in [-0.3, -0.25) is 5.32 Å². The first-order chi connectivity index (χ1) is 11.6. The van der Waals surface area contributed by atoms with Crippen LogP contribution in [0.3, 0.4) is 0 Å². The van der Waals surface area contributed by atoms with Crippen LogP contribution in [0.4, 0.5) is 20.0 Å². The summed E-state index contributed by atoms with van der Waals surface area (Å²) in [4.78, 5) is 11.9. The van der Waals surface area contributed by atoms with Crippen LogP contribution in [0.15, 0.2) is 53.0 Å². The van der Waals surface area contributed by atoms with Gasteiger partial charge in [0.05, 0.1) is 0 Å². The monoisotopic (exact) mass is 406 g/mol. The van der Waals surface area contributed by atoms with E-state index in [1.165, 1.54) is 35.6 Å². The van der Waals surface area contributed by atoms with E-state index in [4.69, 9.17) is 0 Å². The molecule has 2 aromatic carbocycles. The molecular weight excluding hydrogens is 395 g/mol. The molecule has 24 heavy (non-hydrogen) atoms. The second kappa shape index (κ2) is 7.50. The van der Waals surface area contributed by atoms with Crippen molar-refractivity contribution in [1.29, 1.82) is 0 Å². The third kappa shape index (κ3) is 4.59. The van der Waals surface area contributed by atoms with Crippen LogP contribution in [0.5, 0.6) is 0 Å². The van der Waals surface area contributed by atoms with Crippen molar-refractivity contribution in [2.45, 2.75) is 6.42 Å². The Morgan fingerprint density at radius 1 is 1.12 bits per heavy atom. The number of rotatable bonds is 4. The Bertz CT molecular complexity index is 853. The van der Waals surface area contributed by atoms with Gasteiger partial charge in [-0.1, -0.05) is 39.4 Å². The normalized spacial score (nSPS) is 10.4. The number of benzene rings is 2. The Hall–Kier alpha value is -2.32. The molecule has 0 fully saturated rings. The van der Waals surface area contributed by atoms with Crippen LogP contribution in [0.1, 0.15) is 10.6 Å². The van der Waals surface area contributed by atoms with E-state index >= 15 is 0 Å². The van der Waals surface area contributed by atoms with Crippen LogP contribution in [-0.4, -0.2) is 16.2 Å². The predicted molar refractivity (Wildman–Crippen MR) is 95.9 cm³/mol. The minimum absolute atomic E-state index is 0.359. The molecule has 8 heteroatoms. The zero-order valence-electron chi connectivity index (χ0n) is 12.3. The Morgan fingerprint density at radius 3 is 2.67 bits per heavy atom. The summed E-state index contributed by atoms with van der Waals surface area (Å²) in [6.45, 7) is 0. The number of amides is 2. The lowest BCUT2D eigenvalue weighted by molar-refractivity contribution is 0.262. The van der Waals surface area contributed by atoms with Crippen LogP contribution >= 0.6 is 27.3 Å². The molecule has 2 N–H and O–H groups in total. The van der Waals surface area contributed by atoms with E-state index in [-0.39, 0.29) is 5.82 Å². The van der Waals surface area contributed by atoms with E-state index in [1.807, 2.05) is 24.3 Å². The summed E-state index contributed by atoms with van der Waals surface area (Å²) in [6.07, 6.45) is 0.637. The standard InChI is InChI=1S/C16H12BrFN4OS/c17-11-3-1-2-10(8-11)9-14-21-22-16(24-14)20-15(23)19-13-6-4-12(18)5-7-13/h1-8H,9H2,(H2,19,20,22,23). The zero-order chi connectivity index (χ0) is 16.9. The lowest BCUT2D eigenvalue weighted by atomic mass is 10.2. The molecule has 5 nitrogen and oxygen atoms in total. The summed E-state index contributed by atoms with van der Waals surface area (Å²) in [7, 11) is 0. The summed E-state index contributed by atoms with van der Waals surface area (Å²) < 4.78 is 13.8. The van der Waals surface area contributed by atoms with Gasteiger partial charge in [-0.05, 0) is 42.0 Å². The Morgan fingerprint density at radius 2 is 1.92 bits per heavy atom. The van der Waals surface area contributed by atoms with Crippen molar-refractivity contribution in [3.8, 4) is 0 Å². The number of hydrogen-bond acceptors (Lipinski definition) is 4. The van der Waals surface area contributed by atoms with Gasteiger partial charge in [-0.2, -0.15) is 0 Å². The van der Waals surface area contributed by atoms with Crippen molar-refractivity contribution >= 4 is 44.1 Å². The molecule has 0 saturated carbocycles. The van der Waals surface area contributed by atoms with E-state index in [0.717, 1.165) is 15.0 Å². The zero-order valence-corrected chi connectivity index (χ0v) is 14.7. The van der Waals surface area contributed by atoms with Crippen LogP contribution in [0.25, 0.3) is 0 Å². The van der Waals surface area contributed by atoms with Crippen LogP contribution in [0.2, 0.25) is 0 Å². The first-order valence-electron chi connectivity index (χ1n) is 6.99. The van der Waals surface area contributed by atoms with Gasteiger partial charge >= 0.3 is 6.03 Å². The van der Waals surface area contributed by atoms with Gasteiger partial charge < -0.3 is 5.32 Å². The molecule has 3 aromatic rings. The highest BCUT2D eigenvalue weighted by Gasteiger charge is 2.09. The SMILES string of the molecule is O=C(Nc1ccc(F)cc1)Nc1nnc(Cc2cccc(Br)c2)s1. The Kier molecular flexibility index (Phi) is 5.17. The average Bonchev–Trinajstić information content (AvgIpc) is 2.96. The number of urea groups is 1. The predicted octanol–water partition coefficient (Wildman–Crippen LogP) is 4.67. The molecule has 1 heterocycles. The number of hydrogen-bond donors (Lipinski definition) is 2. The number of nitrogens with one attached hydrogen (secondary N) is 2. The molecule has 3 rings (SSSR count). The van der Waals surface area contributed by atoms with Crippen molar-refractivity contribution in [2.24, 2.45) is 0 Å². The maximum absolute atomic E-state index is 12.8. The van der Waals surface area contributed by atoms with Crippen LogP contribution < -0.4 is 10.6 Å². The Labute approximate surface area is 150 Å². The average molecular weight is 407 g/mol. The summed E-state index contributed by atoms with van der Waals surface area (Å²) in [5.41, 5.74) is 1.59. The highest BCUT2D eigenvalue weighted by atomic mass is 79.9. The number of carbonyl (C=O) groups excluding carboxylic acids is 1. The van der Waals surface area contributed by atoms with Crippen molar-refractivity contribution in [1.82, 2.24) is 10.2 Å². The van der Waals surface area contributed by atoms with Crippen molar-refractivity contribution < 1.29 is 9.18 Å². The minimum Gasteiger partial charge on any atom is -0.308 e. The fourth-order valence-electron chi connectivity index (χ4n) is 1.99. The summed E-state index contributed by atoms with van der Waals surface area (Å²) >= 11 is 4.73. The highest BCUT2D eigenvalue weighted by Crippen LogP contribution is 2.20. The van der Waals surface area contributed by atoms with E-state index in [2.05, 4.69) is 36.8 Å². The number of aromatic nitrogens is 2. The maximum atomic E-state index is 12.8. The molecular formula is C16H12BrFN4OS. The molecule has 0 aliphatic rings. The molecule has 2 amide bonds. The molecule has 122 valence electrons. The van der Waals surface area contributed by atoms with Crippen LogP contribution in [0, 0.1) is 5.82 Å². The van der Waals surface area contributed by atoms with Gasteiger partial charge in [0.25, 0.3) is 0 Å². The lowest BCUT2D eigenvalue weighted by Crippen LogP contribution is -2.19. The van der Waals surface area contributed by atoms with Crippen molar-refractivity contribution in [3.05, 3.63) is 69.4 Å². The first-order valence-corrected chi connectivity index (χ1v) is 8.60. The molecule has 1 aromatic heterocycles. The molecule has 0 saturated heterocycles.